The van der Waals surface area contributed by atoms with Crippen molar-refractivity contribution in [3.8, 4) is 11.5 Å². The molecule has 3 aromatic carbocycles. The molecule has 0 aliphatic heterocycles. The van der Waals surface area contributed by atoms with E-state index in [1.165, 1.54) is 5.39 Å². The van der Waals surface area contributed by atoms with Crippen molar-refractivity contribution < 1.29 is 4.74 Å². The van der Waals surface area contributed by atoms with Crippen molar-refractivity contribution >= 4 is 10.8 Å². The first-order valence-corrected chi connectivity index (χ1v) is 6.75. The van der Waals surface area contributed by atoms with Crippen molar-refractivity contribution in [1.29, 1.82) is 0 Å². The normalized spacial score (nSPS) is 12.3. The number of nitrogens with two attached hydrogens (primary N) is 1. The molecule has 0 saturated heterocycles. The van der Waals surface area contributed by atoms with Crippen LogP contribution in [0.5, 0.6) is 11.5 Å². The average molecular weight is 263 g/mol. The highest BCUT2D eigenvalue weighted by Crippen LogP contribution is 2.30. The van der Waals surface area contributed by atoms with Crippen LogP contribution in [0.15, 0.2) is 66.7 Å². The number of hydrogen-bond donors (Lipinski definition) is 1. The van der Waals surface area contributed by atoms with Crippen molar-refractivity contribution in [3.63, 3.8) is 0 Å². The van der Waals surface area contributed by atoms with Gasteiger partial charge in [-0.05, 0) is 36.1 Å². The molecule has 2 heteroatoms. The second kappa shape index (κ2) is 5.35. The van der Waals surface area contributed by atoms with Gasteiger partial charge in [0.05, 0.1) is 0 Å². The number of fused-ring (bicyclic) bond motifs is 1. The van der Waals surface area contributed by atoms with Crippen molar-refractivity contribution in [2.75, 3.05) is 0 Å². The fourth-order valence-electron chi connectivity index (χ4n) is 2.25. The molecule has 0 fully saturated rings. The van der Waals surface area contributed by atoms with Gasteiger partial charge in [0.1, 0.15) is 11.5 Å². The summed E-state index contributed by atoms with van der Waals surface area (Å²) in [5.41, 5.74) is 6.96. The first-order chi connectivity index (χ1) is 9.74. The molecule has 20 heavy (non-hydrogen) atoms. The van der Waals surface area contributed by atoms with Crippen LogP contribution >= 0.6 is 0 Å². The predicted octanol–water partition coefficient (Wildman–Crippen LogP) is 4.65. The molecular formula is C18H17NO. The minimum Gasteiger partial charge on any atom is -0.457 e. The van der Waals surface area contributed by atoms with Crippen LogP contribution in [0.1, 0.15) is 18.5 Å². The van der Waals surface area contributed by atoms with E-state index < -0.39 is 0 Å². The van der Waals surface area contributed by atoms with Crippen LogP contribution in [-0.2, 0) is 0 Å². The van der Waals surface area contributed by atoms with Crippen LogP contribution in [0, 0.1) is 0 Å². The molecule has 2 N–H and O–H groups in total. The van der Waals surface area contributed by atoms with E-state index in [1.54, 1.807) is 0 Å². The van der Waals surface area contributed by atoms with Crippen LogP contribution in [-0.4, -0.2) is 0 Å². The first kappa shape index (κ1) is 12.7. The van der Waals surface area contributed by atoms with Gasteiger partial charge in [-0.25, -0.2) is 0 Å². The maximum atomic E-state index is 5.99. The quantitative estimate of drug-likeness (QED) is 0.746. The Morgan fingerprint density at radius 2 is 1.55 bits per heavy atom. The summed E-state index contributed by atoms with van der Waals surface area (Å²) in [6, 6.07) is 22.3. The van der Waals surface area contributed by atoms with E-state index in [2.05, 4.69) is 18.2 Å². The number of ether oxygens (including phenoxy) is 1. The van der Waals surface area contributed by atoms with Gasteiger partial charge in [0.15, 0.2) is 0 Å². The van der Waals surface area contributed by atoms with Gasteiger partial charge in [0, 0.05) is 11.4 Å². The molecule has 2 nitrogen and oxygen atoms in total. The molecule has 0 aliphatic carbocycles. The lowest BCUT2D eigenvalue weighted by Gasteiger charge is -2.10. The SMILES string of the molecule is C[C@@H](N)c1ccc(Oc2cccc3ccccc23)cc1. The maximum absolute atomic E-state index is 5.99. The van der Waals surface area contributed by atoms with Crippen molar-refractivity contribution in [1.82, 2.24) is 0 Å². The van der Waals surface area contributed by atoms with Crippen LogP contribution in [0.25, 0.3) is 10.8 Å². The van der Waals surface area contributed by atoms with Gasteiger partial charge < -0.3 is 10.5 Å². The van der Waals surface area contributed by atoms with Crippen LogP contribution < -0.4 is 10.5 Å². The van der Waals surface area contributed by atoms with E-state index in [1.807, 2.05) is 55.5 Å². The lowest BCUT2D eigenvalue weighted by molar-refractivity contribution is 0.488. The van der Waals surface area contributed by atoms with E-state index >= 15 is 0 Å². The summed E-state index contributed by atoms with van der Waals surface area (Å²) in [7, 11) is 0. The smallest absolute Gasteiger partial charge is 0.135 e. The monoisotopic (exact) mass is 263 g/mol. The van der Waals surface area contributed by atoms with Gasteiger partial charge in [0.2, 0.25) is 0 Å². The zero-order valence-electron chi connectivity index (χ0n) is 11.4. The lowest BCUT2D eigenvalue weighted by atomic mass is 10.1. The molecule has 3 aromatic rings. The summed E-state index contributed by atoms with van der Waals surface area (Å²) < 4.78 is 5.99. The molecule has 0 unspecified atom stereocenters. The van der Waals surface area contributed by atoms with Gasteiger partial charge >= 0.3 is 0 Å². The largest absolute Gasteiger partial charge is 0.457 e. The molecule has 1 atom stereocenters. The molecule has 0 aliphatic rings. The molecule has 0 aromatic heterocycles. The van der Waals surface area contributed by atoms with Gasteiger partial charge in [-0.2, -0.15) is 0 Å². The molecule has 0 radical (unpaired) electrons. The summed E-state index contributed by atoms with van der Waals surface area (Å²) in [5, 5.41) is 2.29. The molecule has 0 bridgehead atoms. The Labute approximate surface area is 118 Å². The van der Waals surface area contributed by atoms with E-state index in [4.69, 9.17) is 10.5 Å². The summed E-state index contributed by atoms with van der Waals surface area (Å²) in [5.74, 6) is 1.70. The third-order valence-corrected chi connectivity index (χ3v) is 3.38. The van der Waals surface area contributed by atoms with Gasteiger partial charge in [0.25, 0.3) is 0 Å². The highest BCUT2D eigenvalue weighted by Gasteiger charge is 2.04. The summed E-state index contributed by atoms with van der Waals surface area (Å²) in [6.07, 6.45) is 0. The van der Waals surface area contributed by atoms with Crippen molar-refractivity contribution in [2.24, 2.45) is 5.73 Å². The third-order valence-electron chi connectivity index (χ3n) is 3.38. The Bertz CT molecular complexity index is 712. The zero-order chi connectivity index (χ0) is 13.9. The highest BCUT2D eigenvalue weighted by atomic mass is 16.5. The second-order valence-electron chi connectivity index (χ2n) is 4.94. The molecule has 0 heterocycles. The minimum atomic E-state index is 0.0432. The number of benzene rings is 3. The second-order valence-corrected chi connectivity index (χ2v) is 4.94. The van der Waals surface area contributed by atoms with Crippen LogP contribution in [0.4, 0.5) is 0 Å². The fourth-order valence-corrected chi connectivity index (χ4v) is 2.25. The summed E-state index contributed by atoms with van der Waals surface area (Å²) >= 11 is 0. The van der Waals surface area contributed by atoms with Gasteiger partial charge in [-0.1, -0.05) is 48.5 Å². The third kappa shape index (κ3) is 2.51. The van der Waals surface area contributed by atoms with Crippen molar-refractivity contribution in [2.45, 2.75) is 13.0 Å². The Hall–Kier alpha value is -2.32. The van der Waals surface area contributed by atoms with E-state index in [-0.39, 0.29) is 6.04 Å². The minimum absolute atomic E-state index is 0.0432. The van der Waals surface area contributed by atoms with Gasteiger partial charge in [-0.3, -0.25) is 0 Å². The lowest BCUT2D eigenvalue weighted by Crippen LogP contribution is -2.04. The van der Waals surface area contributed by atoms with Crippen molar-refractivity contribution in [3.05, 3.63) is 72.3 Å². The molecule has 0 saturated carbocycles. The Morgan fingerprint density at radius 3 is 2.30 bits per heavy atom. The summed E-state index contributed by atoms with van der Waals surface area (Å²) in [4.78, 5) is 0. The molecule has 0 spiro atoms. The topological polar surface area (TPSA) is 35.2 Å². The number of rotatable bonds is 3. The van der Waals surface area contributed by atoms with Gasteiger partial charge in [-0.15, -0.1) is 0 Å². The Balaban J connectivity index is 1.93. The van der Waals surface area contributed by atoms with E-state index in [0.29, 0.717) is 0 Å². The molecule has 3 rings (SSSR count). The molecular weight excluding hydrogens is 246 g/mol. The maximum Gasteiger partial charge on any atom is 0.135 e. The average Bonchev–Trinajstić information content (AvgIpc) is 2.48. The van der Waals surface area contributed by atoms with Crippen LogP contribution in [0.2, 0.25) is 0 Å². The molecule has 100 valence electrons. The highest BCUT2D eigenvalue weighted by molar-refractivity contribution is 5.88. The number of hydrogen-bond acceptors (Lipinski definition) is 2. The van der Waals surface area contributed by atoms with E-state index in [9.17, 15) is 0 Å². The van der Waals surface area contributed by atoms with E-state index in [0.717, 1.165) is 22.4 Å². The molecule has 0 amide bonds. The standard InChI is InChI=1S/C18H17NO/c1-13(19)14-9-11-16(12-10-14)20-18-8-4-6-15-5-2-3-7-17(15)18/h2-13H,19H2,1H3/t13-/m1/s1. The Morgan fingerprint density at radius 1 is 0.850 bits per heavy atom. The fraction of sp³-hybridized carbons (Fsp3) is 0.111. The van der Waals surface area contributed by atoms with Crippen LogP contribution in [0.3, 0.4) is 0 Å². The Kier molecular flexibility index (Phi) is 3.40. The predicted molar refractivity (Wildman–Crippen MR) is 83.1 cm³/mol. The first-order valence-electron chi connectivity index (χ1n) is 6.75. The summed E-state index contributed by atoms with van der Waals surface area (Å²) in [6.45, 7) is 1.97. The zero-order valence-corrected chi connectivity index (χ0v) is 11.4.